The fourth-order valence-electron chi connectivity index (χ4n) is 0.177. The van der Waals surface area contributed by atoms with Crippen LogP contribution in [0.25, 0.3) is 0 Å². The summed E-state index contributed by atoms with van der Waals surface area (Å²) in [5.74, 6) is 0. The maximum atomic E-state index is 10.7. The first kappa shape index (κ1) is 8.71. The molecular weight excluding hydrogens is 156 g/mol. The molecule has 9 heavy (non-hydrogen) atoms. The first-order chi connectivity index (χ1) is 4.04. The molecule has 0 aliphatic carbocycles. The summed E-state index contributed by atoms with van der Waals surface area (Å²) in [6.07, 6.45) is 0. The number of carbonyl (C=O) groups excluding carboxylic acids is 1. The predicted molar refractivity (Wildman–Crippen MR) is 43.5 cm³/mol. The Morgan fingerprint density at radius 1 is 1.67 bits per heavy atom. The van der Waals surface area contributed by atoms with E-state index in [1.807, 2.05) is 0 Å². The van der Waals surface area contributed by atoms with Crippen LogP contribution in [0.15, 0.2) is 0 Å². The van der Waals surface area contributed by atoms with E-state index in [1.54, 1.807) is 14.1 Å². The monoisotopic (exact) mass is 164 g/mol. The van der Waals surface area contributed by atoms with Crippen LogP contribution in [0.5, 0.6) is 0 Å². The topological polar surface area (TPSA) is 46.3 Å². The van der Waals surface area contributed by atoms with Gasteiger partial charge < -0.3 is 10.6 Å². The van der Waals surface area contributed by atoms with E-state index < -0.39 is 0 Å². The van der Waals surface area contributed by atoms with Gasteiger partial charge in [0.1, 0.15) is 4.32 Å². The maximum Gasteiger partial charge on any atom is 0.288 e. The van der Waals surface area contributed by atoms with Gasteiger partial charge in [0.2, 0.25) is 0 Å². The van der Waals surface area contributed by atoms with Crippen molar-refractivity contribution >= 4 is 33.5 Å². The fourth-order valence-corrected chi connectivity index (χ4v) is 0.746. The normalized spacial score (nSPS) is 8.67. The van der Waals surface area contributed by atoms with Gasteiger partial charge in [0.25, 0.3) is 5.24 Å². The Hall–Kier alpha value is -0.290. The largest absolute Gasteiger partial charge is 0.384 e. The summed E-state index contributed by atoms with van der Waals surface area (Å²) < 4.78 is 0.161. The van der Waals surface area contributed by atoms with E-state index in [2.05, 4.69) is 12.2 Å². The number of carbonyl (C=O) groups is 1. The van der Waals surface area contributed by atoms with E-state index in [1.165, 1.54) is 4.90 Å². The molecule has 0 aromatic heterocycles. The Balaban J connectivity index is 3.64. The molecule has 0 radical (unpaired) electrons. The second kappa shape index (κ2) is 3.68. The third-order valence-corrected chi connectivity index (χ3v) is 1.54. The molecule has 0 bridgehead atoms. The van der Waals surface area contributed by atoms with Crippen LogP contribution in [0.1, 0.15) is 0 Å². The number of amides is 1. The zero-order valence-corrected chi connectivity index (χ0v) is 6.88. The smallest absolute Gasteiger partial charge is 0.288 e. The summed E-state index contributed by atoms with van der Waals surface area (Å²) in [6.45, 7) is 0. The molecule has 0 spiro atoms. The van der Waals surface area contributed by atoms with E-state index in [-0.39, 0.29) is 9.56 Å². The Labute approximate surface area is 63.6 Å². The van der Waals surface area contributed by atoms with Crippen LogP contribution in [0.2, 0.25) is 0 Å². The molecule has 0 rings (SSSR count). The second-order valence-electron chi connectivity index (χ2n) is 1.58. The summed E-state index contributed by atoms with van der Waals surface area (Å²) in [5, 5.41) is -0.137. The van der Waals surface area contributed by atoms with Crippen molar-refractivity contribution in [3.63, 3.8) is 0 Å². The molecule has 5 heteroatoms. The minimum atomic E-state index is -0.137. The number of thiocarbonyl (C=S) groups is 1. The van der Waals surface area contributed by atoms with E-state index in [0.717, 1.165) is 11.8 Å². The van der Waals surface area contributed by atoms with Crippen LogP contribution in [-0.4, -0.2) is 28.6 Å². The zero-order valence-electron chi connectivity index (χ0n) is 5.25. The highest BCUT2D eigenvalue weighted by Crippen LogP contribution is 2.04. The van der Waals surface area contributed by atoms with E-state index in [0.29, 0.717) is 0 Å². The second-order valence-corrected chi connectivity index (χ2v) is 3.27. The van der Waals surface area contributed by atoms with Crippen molar-refractivity contribution < 1.29 is 4.79 Å². The Kier molecular flexibility index (Phi) is 3.56. The maximum absolute atomic E-state index is 10.7. The first-order valence-electron chi connectivity index (χ1n) is 2.22. The molecule has 0 unspecified atom stereocenters. The Morgan fingerprint density at radius 2 is 2.11 bits per heavy atom. The average molecular weight is 164 g/mol. The van der Waals surface area contributed by atoms with Gasteiger partial charge in [-0.1, -0.05) is 12.2 Å². The molecule has 3 nitrogen and oxygen atoms in total. The van der Waals surface area contributed by atoms with Gasteiger partial charge in [-0.2, -0.15) is 0 Å². The third-order valence-electron chi connectivity index (χ3n) is 0.553. The molecule has 0 saturated heterocycles. The highest BCUT2D eigenvalue weighted by atomic mass is 32.2. The lowest BCUT2D eigenvalue weighted by Crippen LogP contribution is -2.19. The van der Waals surface area contributed by atoms with Crippen molar-refractivity contribution in [2.75, 3.05) is 14.1 Å². The van der Waals surface area contributed by atoms with Crippen molar-refractivity contribution in [3.8, 4) is 0 Å². The van der Waals surface area contributed by atoms with Gasteiger partial charge >= 0.3 is 0 Å². The van der Waals surface area contributed by atoms with Crippen molar-refractivity contribution in [3.05, 3.63) is 0 Å². The van der Waals surface area contributed by atoms with Gasteiger partial charge in [0, 0.05) is 25.9 Å². The van der Waals surface area contributed by atoms with E-state index in [4.69, 9.17) is 5.73 Å². The third kappa shape index (κ3) is 4.23. The van der Waals surface area contributed by atoms with Gasteiger partial charge in [-0.15, -0.1) is 0 Å². The van der Waals surface area contributed by atoms with Crippen LogP contribution in [0, 0.1) is 0 Å². The van der Waals surface area contributed by atoms with Gasteiger partial charge in [-0.3, -0.25) is 4.79 Å². The van der Waals surface area contributed by atoms with Crippen molar-refractivity contribution in [2.24, 2.45) is 5.73 Å². The highest BCUT2D eigenvalue weighted by Gasteiger charge is 2.04. The number of rotatable bonds is 0. The molecule has 0 heterocycles. The molecule has 52 valence electrons. The fraction of sp³-hybridized carbons (Fsp3) is 0.500. The number of hydrogen-bond acceptors (Lipinski definition) is 3. The van der Waals surface area contributed by atoms with E-state index >= 15 is 0 Å². The van der Waals surface area contributed by atoms with Crippen LogP contribution in [-0.2, 0) is 0 Å². The lowest BCUT2D eigenvalue weighted by Gasteiger charge is -2.06. The van der Waals surface area contributed by atoms with E-state index in [9.17, 15) is 4.79 Å². The number of thioether (sulfide) groups is 1. The molecule has 0 aliphatic heterocycles. The predicted octanol–water partition coefficient (Wildman–Crippen LogP) is 0.645. The molecule has 1 amide bonds. The van der Waals surface area contributed by atoms with Crippen LogP contribution >= 0.6 is 24.0 Å². The van der Waals surface area contributed by atoms with Crippen molar-refractivity contribution in [1.82, 2.24) is 4.90 Å². The Morgan fingerprint density at radius 3 is 2.22 bits per heavy atom. The molecule has 0 fully saturated rings. The number of nitrogens with zero attached hydrogens (tertiary/aromatic N) is 1. The van der Waals surface area contributed by atoms with Crippen LogP contribution < -0.4 is 5.73 Å². The summed E-state index contributed by atoms with van der Waals surface area (Å²) in [4.78, 5) is 12.1. The molecule has 2 N–H and O–H groups in total. The molecule has 0 aliphatic rings. The molecule has 0 aromatic rings. The van der Waals surface area contributed by atoms with Gasteiger partial charge in [-0.05, 0) is 0 Å². The van der Waals surface area contributed by atoms with Gasteiger partial charge in [0.15, 0.2) is 0 Å². The average Bonchev–Trinajstić information content (AvgIpc) is 1.63. The first-order valence-corrected chi connectivity index (χ1v) is 3.45. The summed E-state index contributed by atoms with van der Waals surface area (Å²) in [6, 6.07) is 0. The standard InChI is InChI=1S/C4H8N2OS2/c1-6(2)4(7)9-3(5)8/h1-2H3,(H2,5,8). The van der Waals surface area contributed by atoms with Gasteiger partial charge in [-0.25, -0.2) is 0 Å². The Bertz CT molecular complexity index is 135. The van der Waals surface area contributed by atoms with Crippen molar-refractivity contribution in [2.45, 2.75) is 0 Å². The summed E-state index contributed by atoms with van der Waals surface area (Å²) >= 11 is 5.34. The highest BCUT2D eigenvalue weighted by molar-refractivity contribution is 8.32. The lowest BCUT2D eigenvalue weighted by atomic mass is 11.0. The number of nitrogens with two attached hydrogens (primary N) is 1. The van der Waals surface area contributed by atoms with Gasteiger partial charge in [0.05, 0.1) is 0 Å². The zero-order chi connectivity index (χ0) is 7.44. The van der Waals surface area contributed by atoms with Crippen molar-refractivity contribution in [1.29, 1.82) is 0 Å². The summed E-state index contributed by atoms with van der Waals surface area (Å²) in [5.41, 5.74) is 5.08. The number of hydrogen-bond donors (Lipinski definition) is 1. The molecule has 0 aromatic carbocycles. The minimum absolute atomic E-state index is 0.137. The van der Waals surface area contributed by atoms with Crippen LogP contribution in [0.3, 0.4) is 0 Å². The molecule has 0 saturated carbocycles. The van der Waals surface area contributed by atoms with Crippen LogP contribution in [0.4, 0.5) is 4.79 Å². The lowest BCUT2D eigenvalue weighted by molar-refractivity contribution is 0.241. The quantitative estimate of drug-likeness (QED) is 0.534. The summed E-state index contributed by atoms with van der Waals surface area (Å²) in [7, 11) is 3.29. The molecule has 0 atom stereocenters. The molecular formula is C4H8N2OS2. The minimum Gasteiger partial charge on any atom is -0.384 e. The SMILES string of the molecule is CN(C)C(=O)SC(N)=S.